The highest BCUT2D eigenvalue weighted by Gasteiger charge is 2.40. The summed E-state index contributed by atoms with van der Waals surface area (Å²) in [6, 6.07) is 33.2. The molecule has 0 saturated carbocycles. The maximum atomic E-state index is 7.52. The number of rotatable bonds is 4. The van der Waals surface area contributed by atoms with Crippen LogP contribution in [0.3, 0.4) is 0 Å². The summed E-state index contributed by atoms with van der Waals surface area (Å²) in [5.74, 6) is 1.88. The van der Waals surface area contributed by atoms with Gasteiger partial charge < -0.3 is 14.4 Å². The third-order valence-corrected chi connectivity index (χ3v) is 9.83. The fourth-order valence-corrected chi connectivity index (χ4v) is 7.67. The Morgan fingerprint density at radius 1 is 0.767 bits per heavy atom. The van der Waals surface area contributed by atoms with E-state index in [9.17, 15) is 0 Å². The van der Waals surface area contributed by atoms with E-state index in [0.717, 1.165) is 65.1 Å². The number of fused-ring (bicyclic) bond motifs is 8. The van der Waals surface area contributed by atoms with Gasteiger partial charge in [-0.05, 0) is 91.0 Å². The monoisotopic (exact) mass is 563 g/mol. The average Bonchev–Trinajstić information content (AvgIpc) is 3.08. The van der Waals surface area contributed by atoms with Crippen LogP contribution in [0.1, 0.15) is 52.6 Å². The molecule has 0 radical (unpaired) electrons. The summed E-state index contributed by atoms with van der Waals surface area (Å²) in [6.45, 7) is 4.39. The van der Waals surface area contributed by atoms with E-state index in [2.05, 4.69) is 115 Å². The van der Waals surface area contributed by atoms with Gasteiger partial charge in [0.25, 0.3) is 0 Å². The summed E-state index contributed by atoms with van der Waals surface area (Å²) in [5, 5.41) is 2.41. The summed E-state index contributed by atoms with van der Waals surface area (Å²) in [6.07, 6.45) is 10.4. The van der Waals surface area contributed by atoms with Gasteiger partial charge in [0.05, 0.1) is 7.11 Å². The predicted molar refractivity (Wildman–Crippen MR) is 177 cm³/mol. The number of hydrogen-bond donors (Lipinski definition) is 0. The van der Waals surface area contributed by atoms with Crippen molar-refractivity contribution in [3.63, 3.8) is 0 Å². The lowest BCUT2D eigenvalue weighted by molar-refractivity contribution is 0.162. The number of aryl methyl sites for hydroxylation is 3. The molecule has 0 amide bonds. The molecule has 43 heavy (non-hydrogen) atoms. The number of anilines is 1. The van der Waals surface area contributed by atoms with Crippen LogP contribution in [0.15, 0.2) is 97.1 Å². The predicted octanol–water partition coefficient (Wildman–Crippen LogP) is 9.26. The van der Waals surface area contributed by atoms with Crippen molar-refractivity contribution >= 4 is 22.5 Å². The van der Waals surface area contributed by atoms with Crippen LogP contribution in [0, 0.1) is 6.92 Å². The summed E-state index contributed by atoms with van der Waals surface area (Å²) < 4.78 is 13.6. The number of hydrogen-bond acceptors (Lipinski definition) is 3. The van der Waals surface area contributed by atoms with Gasteiger partial charge in [-0.15, -0.1) is 0 Å². The van der Waals surface area contributed by atoms with Crippen LogP contribution >= 0.6 is 0 Å². The molecule has 0 N–H and O–H groups in total. The molecule has 8 rings (SSSR count). The van der Waals surface area contributed by atoms with Gasteiger partial charge >= 0.3 is 0 Å². The lowest BCUT2D eigenvalue weighted by Gasteiger charge is -2.39. The van der Waals surface area contributed by atoms with Crippen LogP contribution in [-0.4, -0.2) is 20.2 Å². The third-order valence-electron chi connectivity index (χ3n) is 9.83. The number of methoxy groups -OCH3 is 1. The van der Waals surface area contributed by atoms with Crippen LogP contribution < -0.4 is 14.4 Å². The molecule has 1 atom stereocenters. The van der Waals surface area contributed by atoms with E-state index in [1.54, 1.807) is 7.11 Å². The Hall–Kier alpha value is -4.50. The Balaban J connectivity index is 1.38. The van der Waals surface area contributed by atoms with Crippen molar-refractivity contribution < 1.29 is 9.47 Å². The lowest BCUT2D eigenvalue weighted by atomic mass is 9.77. The zero-order valence-corrected chi connectivity index (χ0v) is 25.0. The highest BCUT2D eigenvalue weighted by atomic mass is 16.5. The Labute approximate surface area is 254 Å². The zero-order valence-electron chi connectivity index (χ0n) is 25.0. The van der Waals surface area contributed by atoms with E-state index in [4.69, 9.17) is 9.47 Å². The molecule has 1 unspecified atom stereocenters. The first-order valence-corrected chi connectivity index (χ1v) is 15.7. The second-order valence-electron chi connectivity index (χ2n) is 12.2. The van der Waals surface area contributed by atoms with Crippen LogP contribution in [-0.2, 0) is 18.4 Å². The number of ether oxygens (including phenoxy) is 2. The van der Waals surface area contributed by atoms with Gasteiger partial charge in [-0.2, -0.15) is 0 Å². The van der Waals surface area contributed by atoms with Crippen LogP contribution in [0.5, 0.6) is 11.5 Å². The molecule has 5 aromatic rings. The van der Waals surface area contributed by atoms with Crippen LogP contribution in [0.4, 0.5) is 5.69 Å². The Morgan fingerprint density at radius 3 is 2.30 bits per heavy atom. The molecule has 1 fully saturated rings. The van der Waals surface area contributed by atoms with E-state index in [1.807, 2.05) is 0 Å². The van der Waals surface area contributed by atoms with E-state index in [1.165, 1.54) is 52.6 Å². The Kier molecular flexibility index (Phi) is 6.29. The normalized spacial score (nSPS) is 18.9. The Bertz CT molecular complexity index is 1870. The fourth-order valence-electron chi connectivity index (χ4n) is 7.67. The maximum absolute atomic E-state index is 7.52. The largest absolute Gasteiger partial charge is 0.496 e. The minimum atomic E-state index is -0.764. The quantitative estimate of drug-likeness (QED) is 0.218. The van der Waals surface area contributed by atoms with Crippen molar-refractivity contribution in [2.24, 2.45) is 0 Å². The fraction of sp³-hybridized carbons (Fsp3) is 0.250. The van der Waals surface area contributed by atoms with Crippen molar-refractivity contribution in [3.05, 3.63) is 130 Å². The van der Waals surface area contributed by atoms with Gasteiger partial charge in [0.2, 0.25) is 0 Å². The minimum absolute atomic E-state index is 0.764. The molecular weight excluding hydrogens is 526 g/mol. The molecule has 3 aliphatic rings. The van der Waals surface area contributed by atoms with Crippen molar-refractivity contribution in [1.29, 1.82) is 0 Å². The van der Waals surface area contributed by atoms with Gasteiger partial charge in [0.1, 0.15) is 11.5 Å². The summed E-state index contributed by atoms with van der Waals surface area (Å²) in [7, 11) is 1.79. The molecule has 1 saturated heterocycles. The number of piperidine rings is 1. The first-order chi connectivity index (χ1) is 21.2. The highest BCUT2D eigenvalue weighted by molar-refractivity contribution is 6.06. The molecule has 1 aliphatic carbocycles. The minimum Gasteiger partial charge on any atom is -0.496 e. The zero-order chi connectivity index (χ0) is 29.0. The van der Waals surface area contributed by atoms with Gasteiger partial charge in [-0.1, -0.05) is 78.9 Å². The lowest BCUT2D eigenvalue weighted by Crippen LogP contribution is -2.35. The first-order valence-electron chi connectivity index (χ1n) is 15.7. The highest BCUT2D eigenvalue weighted by Crippen LogP contribution is 2.54. The van der Waals surface area contributed by atoms with E-state index >= 15 is 0 Å². The van der Waals surface area contributed by atoms with E-state index in [0.29, 0.717) is 0 Å². The molecule has 5 aromatic carbocycles. The molecule has 0 aromatic heterocycles. The summed E-state index contributed by atoms with van der Waals surface area (Å²) >= 11 is 0. The van der Waals surface area contributed by atoms with E-state index in [-0.39, 0.29) is 0 Å². The average molecular weight is 564 g/mol. The van der Waals surface area contributed by atoms with E-state index < -0.39 is 5.60 Å². The van der Waals surface area contributed by atoms with Crippen molar-refractivity contribution in [2.75, 3.05) is 25.1 Å². The summed E-state index contributed by atoms with van der Waals surface area (Å²) in [5.41, 5.74) is 10.3. The molecule has 214 valence electrons. The standard InChI is InChI=1S/C40H37NO2/c1-27-15-21-33-34-22-16-28-11-7-8-14-32(28)36(34)39-35(37(33)38(27)42-2)23-24-40(43-39,29-12-5-3-6-13-29)30-17-19-31(20-18-30)41-25-9-4-10-26-41/h3,5-8,11-15,17-21,23-24H,4,9-10,16,22,25-26H2,1-2H3. The molecule has 3 heteroatoms. The SMILES string of the molecule is COc1c(C)ccc2c3c(c4c(c12)C=CC(c1ccccc1)(c1ccc(N2CCCCC2)cc1)O4)-c1ccccc1CC3. The smallest absolute Gasteiger partial charge is 0.178 e. The third kappa shape index (κ3) is 4.09. The van der Waals surface area contributed by atoms with Gasteiger partial charge in [0, 0.05) is 46.4 Å². The van der Waals surface area contributed by atoms with Gasteiger partial charge in [-0.3, -0.25) is 0 Å². The number of benzene rings is 5. The van der Waals surface area contributed by atoms with Gasteiger partial charge in [0.15, 0.2) is 5.60 Å². The molecular formula is C40H37NO2. The summed E-state index contributed by atoms with van der Waals surface area (Å²) in [4.78, 5) is 2.52. The van der Waals surface area contributed by atoms with Crippen LogP contribution in [0.2, 0.25) is 0 Å². The van der Waals surface area contributed by atoms with Crippen LogP contribution in [0.25, 0.3) is 28.0 Å². The molecule has 2 aliphatic heterocycles. The maximum Gasteiger partial charge on any atom is 0.178 e. The van der Waals surface area contributed by atoms with Gasteiger partial charge in [-0.25, -0.2) is 0 Å². The number of nitrogens with zero attached hydrogens (tertiary/aromatic N) is 1. The molecule has 0 spiro atoms. The molecule has 3 nitrogen and oxygen atoms in total. The Morgan fingerprint density at radius 2 is 1.51 bits per heavy atom. The van der Waals surface area contributed by atoms with Crippen molar-refractivity contribution in [2.45, 2.75) is 44.6 Å². The second kappa shape index (κ2) is 10.3. The first kappa shape index (κ1) is 26.2. The van der Waals surface area contributed by atoms with Crippen molar-refractivity contribution in [1.82, 2.24) is 0 Å². The topological polar surface area (TPSA) is 21.7 Å². The second-order valence-corrected chi connectivity index (χ2v) is 12.2. The molecule has 0 bridgehead atoms. The van der Waals surface area contributed by atoms with Crippen molar-refractivity contribution in [3.8, 4) is 22.6 Å². The molecule has 2 heterocycles.